The summed E-state index contributed by atoms with van der Waals surface area (Å²) >= 11 is 0. The largest absolute Gasteiger partial charge is 0.525 e. The predicted octanol–water partition coefficient (Wildman–Crippen LogP) is 4.67. The number of benzene rings is 1. The van der Waals surface area contributed by atoms with Gasteiger partial charge in [0, 0.05) is 11.0 Å². The van der Waals surface area contributed by atoms with Gasteiger partial charge in [-0.2, -0.15) is 27.2 Å². The van der Waals surface area contributed by atoms with Gasteiger partial charge in [0.05, 0.1) is 10.8 Å². The Labute approximate surface area is 179 Å². The molecule has 1 heterocycles. The van der Waals surface area contributed by atoms with Crippen LogP contribution >= 0.6 is 0 Å². The second kappa shape index (κ2) is 9.17. The van der Waals surface area contributed by atoms with Gasteiger partial charge < -0.3 is 4.74 Å². The van der Waals surface area contributed by atoms with Gasteiger partial charge in [0.2, 0.25) is 5.88 Å². The molecule has 0 aliphatic heterocycles. The SMILES string of the molecule is Cc1cc(F)c(-n2nc(OC(F)(F)C(F)OC(F)(F)F)cc2C#N)cc1S(=O)CC(F)(F)F. The highest BCUT2D eigenvalue weighted by molar-refractivity contribution is 7.85. The van der Waals surface area contributed by atoms with Crippen molar-refractivity contribution in [2.75, 3.05) is 5.75 Å². The van der Waals surface area contributed by atoms with E-state index in [9.17, 15) is 48.1 Å². The second-order valence-electron chi connectivity index (χ2n) is 6.11. The van der Waals surface area contributed by atoms with Crippen LogP contribution in [0.5, 0.6) is 5.88 Å². The molecule has 2 atom stereocenters. The average Bonchev–Trinajstić information content (AvgIpc) is 3.00. The second-order valence-corrected chi connectivity index (χ2v) is 7.53. The number of ether oxygens (including phenoxy) is 2. The topological polar surface area (TPSA) is 77.1 Å². The van der Waals surface area contributed by atoms with E-state index in [1.54, 1.807) is 0 Å². The monoisotopic (exact) mass is 513 g/mol. The molecule has 17 heteroatoms. The third kappa shape index (κ3) is 6.81. The number of aryl methyl sites for hydroxylation is 1. The maximum atomic E-state index is 14.4. The first-order valence-corrected chi connectivity index (χ1v) is 9.46. The summed E-state index contributed by atoms with van der Waals surface area (Å²) in [5.41, 5.74) is -1.80. The first-order chi connectivity index (χ1) is 14.9. The molecular formula is C16H9F10N3O3S. The molecule has 0 radical (unpaired) electrons. The lowest BCUT2D eigenvalue weighted by molar-refractivity contribution is -0.411. The summed E-state index contributed by atoms with van der Waals surface area (Å²) in [5.74, 6) is -4.41. The molecule has 0 aliphatic rings. The van der Waals surface area contributed by atoms with Gasteiger partial charge in [0.25, 0.3) is 0 Å². The van der Waals surface area contributed by atoms with Crippen LogP contribution in [0.15, 0.2) is 23.1 Å². The predicted molar refractivity (Wildman–Crippen MR) is 87.9 cm³/mol. The molecule has 0 amide bonds. The van der Waals surface area contributed by atoms with Gasteiger partial charge >= 0.3 is 25.0 Å². The van der Waals surface area contributed by atoms with E-state index in [1.807, 2.05) is 0 Å². The molecule has 0 fully saturated rings. The van der Waals surface area contributed by atoms with Crippen molar-refractivity contribution < 1.29 is 57.6 Å². The van der Waals surface area contributed by atoms with Crippen molar-refractivity contribution in [3.8, 4) is 17.6 Å². The molecule has 0 spiro atoms. The first kappa shape index (κ1) is 26.4. The van der Waals surface area contributed by atoms with Crippen LogP contribution in [-0.2, 0) is 15.5 Å². The fourth-order valence-corrected chi connectivity index (χ4v) is 3.43. The summed E-state index contributed by atoms with van der Waals surface area (Å²) < 4.78 is 147. The van der Waals surface area contributed by atoms with Gasteiger partial charge in [0.1, 0.15) is 29.0 Å². The third-order valence-electron chi connectivity index (χ3n) is 3.56. The summed E-state index contributed by atoms with van der Waals surface area (Å²) in [5, 5.41) is 12.3. The molecule has 0 N–H and O–H groups in total. The van der Waals surface area contributed by atoms with Crippen LogP contribution in [0.3, 0.4) is 0 Å². The first-order valence-electron chi connectivity index (χ1n) is 8.15. The van der Waals surface area contributed by atoms with Crippen molar-refractivity contribution in [2.45, 2.75) is 36.8 Å². The molecule has 1 aromatic heterocycles. The zero-order valence-corrected chi connectivity index (χ0v) is 16.6. The van der Waals surface area contributed by atoms with Crippen LogP contribution in [0.25, 0.3) is 5.69 Å². The van der Waals surface area contributed by atoms with Crippen molar-refractivity contribution >= 4 is 10.8 Å². The van der Waals surface area contributed by atoms with Crippen LogP contribution in [0.1, 0.15) is 11.3 Å². The quantitative estimate of drug-likeness (QED) is 0.504. The Hall–Kier alpha value is -2.87. The van der Waals surface area contributed by atoms with Gasteiger partial charge in [-0.05, 0) is 24.6 Å². The molecule has 0 bridgehead atoms. The highest BCUT2D eigenvalue weighted by Gasteiger charge is 2.51. The number of hydrogen-bond donors (Lipinski definition) is 0. The fraction of sp³-hybridized carbons (Fsp3) is 0.375. The molecule has 0 saturated heterocycles. The lowest BCUT2D eigenvalue weighted by Crippen LogP contribution is -2.41. The maximum Gasteiger partial charge on any atom is 0.525 e. The van der Waals surface area contributed by atoms with Gasteiger partial charge in [-0.25, -0.2) is 18.2 Å². The Morgan fingerprint density at radius 1 is 1.15 bits per heavy atom. The molecule has 2 unspecified atom stereocenters. The van der Waals surface area contributed by atoms with Crippen molar-refractivity contribution in [1.29, 1.82) is 5.26 Å². The van der Waals surface area contributed by atoms with E-state index in [1.165, 1.54) is 6.07 Å². The Kier molecular flexibility index (Phi) is 7.33. The molecule has 182 valence electrons. The summed E-state index contributed by atoms with van der Waals surface area (Å²) in [6, 6.07) is 2.94. The van der Waals surface area contributed by atoms with Crippen LogP contribution < -0.4 is 4.74 Å². The number of hydrogen-bond acceptors (Lipinski definition) is 5. The van der Waals surface area contributed by atoms with Crippen molar-refractivity contribution in [1.82, 2.24) is 9.78 Å². The zero-order chi connectivity index (χ0) is 25.4. The normalized spacial score (nSPS) is 14.6. The average molecular weight is 513 g/mol. The summed E-state index contributed by atoms with van der Waals surface area (Å²) in [6.45, 7) is 1.13. The molecule has 2 rings (SSSR count). The number of nitrogens with zero attached hydrogens (tertiary/aromatic N) is 3. The van der Waals surface area contributed by atoms with E-state index in [-0.39, 0.29) is 10.2 Å². The zero-order valence-electron chi connectivity index (χ0n) is 15.8. The Bertz CT molecular complexity index is 1090. The smallest absolute Gasteiger partial charge is 0.409 e. The Morgan fingerprint density at radius 3 is 2.27 bits per heavy atom. The fourth-order valence-electron chi connectivity index (χ4n) is 2.32. The van der Waals surface area contributed by atoms with Crippen LogP contribution in [0.4, 0.5) is 43.9 Å². The Balaban J connectivity index is 2.46. The van der Waals surface area contributed by atoms with E-state index in [0.29, 0.717) is 18.2 Å². The van der Waals surface area contributed by atoms with E-state index in [2.05, 4.69) is 14.6 Å². The minimum absolute atomic E-state index is 0.183. The van der Waals surface area contributed by atoms with E-state index >= 15 is 0 Å². The maximum absolute atomic E-state index is 14.4. The summed E-state index contributed by atoms with van der Waals surface area (Å²) in [4.78, 5) is -0.529. The van der Waals surface area contributed by atoms with Crippen LogP contribution in [0.2, 0.25) is 0 Å². The van der Waals surface area contributed by atoms with E-state index in [0.717, 1.165) is 6.92 Å². The van der Waals surface area contributed by atoms with Crippen molar-refractivity contribution in [3.63, 3.8) is 0 Å². The molecular weight excluding hydrogens is 504 g/mol. The number of aromatic nitrogens is 2. The lowest BCUT2D eigenvalue weighted by atomic mass is 10.2. The lowest BCUT2D eigenvalue weighted by Gasteiger charge is -2.20. The van der Waals surface area contributed by atoms with Crippen LogP contribution in [-0.4, -0.2) is 44.7 Å². The number of halogens is 10. The number of nitriles is 1. The van der Waals surface area contributed by atoms with Gasteiger partial charge in [0.15, 0.2) is 0 Å². The van der Waals surface area contributed by atoms with Gasteiger partial charge in [-0.15, -0.1) is 18.3 Å². The third-order valence-corrected chi connectivity index (χ3v) is 5.08. The highest BCUT2D eigenvalue weighted by Crippen LogP contribution is 2.33. The standard InChI is InChI=1S/C16H9F10N3O3S/c1-7-2-9(17)10(4-11(7)33(30)6-14(19,20)21)29-8(5-27)3-12(28-29)31-15(22,23)13(18)32-16(24,25)26/h2-4,13H,6H2,1H3. The number of alkyl halides is 9. The number of rotatable bonds is 7. The highest BCUT2D eigenvalue weighted by atomic mass is 32.2. The molecule has 2 aromatic rings. The minimum atomic E-state index is -5.79. The Morgan fingerprint density at radius 2 is 1.76 bits per heavy atom. The van der Waals surface area contributed by atoms with Crippen molar-refractivity contribution in [2.24, 2.45) is 0 Å². The minimum Gasteiger partial charge on any atom is -0.409 e. The molecule has 0 saturated carbocycles. The van der Waals surface area contributed by atoms with Crippen LogP contribution in [0, 0.1) is 24.1 Å². The summed E-state index contributed by atoms with van der Waals surface area (Å²) in [7, 11) is -2.73. The van der Waals surface area contributed by atoms with E-state index < -0.39 is 69.5 Å². The van der Waals surface area contributed by atoms with Gasteiger partial charge in [-0.1, -0.05) is 0 Å². The summed E-state index contributed by atoms with van der Waals surface area (Å²) in [6.07, 6.45) is -20.3. The van der Waals surface area contributed by atoms with Gasteiger partial charge in [-0.3, -0.25) is 4.21 Å². The van der Waals surface area contributed by atoms with E-state index in [4.69, 9.17) is 5.26 Å². The molecule has 6 nitrogen and oxygen atoms in total. The molecule has 0 aliphatic carbocycles. The van der Waals surface area contributed by atoms with Crippen molar-refractivity contribution in [3.05, 3.63) is 35.3 Å². The molecule has 1 aromatic carbocycles. The molecule has 33 heavy (non-hydrogen) atoms.